The maximum atomic E-state index is 14.8. The molecule has 7 rings (SSSR count). The van der Waals surface area contributed by atoms with Crippen molar-refractivity contribution in [3.8, 4) is 0 Å². The van der Waals surface area contributed by atoms with Gasteiger partial charge in [0.05, 0.1) is 11.1 Å². The number of rotatable bonds is 5. The van der Waals surface area contributed by atoms with Crippen LogP contribution in [0, 0.1) is 50.2 Å². The summed E-state index contributed by atoms with van der Waals surface area (Å²) in [4.78, 5) is 34.6. The van der Waals surface area contributed by atoms with Crippen molar-refractivity contribution in [3.63, 3.8) is 0 Å². The van der Waals surface area contributed by atoms with E-state index in [9.17, 15) is 9.59 Å². The van der Waals surface area contributed by atoms with Crippen molar-refractivity contribution in [2.45, 2.75) is 112 Å². The van der Waals surface area contributed by atoms with Gasteiger partial charge < -0.3 is 9.57 Å². The van der Waals surface area contributed by atoms with E-state index in [1.54, 1.807) is 7.11 Å². The third-order valence-corrected chi connectivity index (χ3v) is 15.5. The number of hydrogen-bond donors (Lipinski definition) is 0. The van der Waals surface area contributed by atoms with E-state index in [1.807, 2.05) is 60.7 Å². The van der Waals surface area contributed by atoms with Crippen LogP contribution in [0.1, 0.15) is 123 Å². The highest BCUT2D eigenvalue weighted by Gasteiger charge is 2.70. The van der Waals surface area contributed by atoms with Crippen LogP contribution in [-0.4, -0.2) is 24.6 Å². The lowest BCUT2D eigenvalue weighted by Gasteiger charge is -2.70. The topological polar surface area (TPSA) is 65.0 Å². The fourth-order valence-electron chi connectivity index (χ4n) is 12.3. The summed E-state index contributed by atoms with van der Waals surface area (Å²) in [7, 11) is 1.64. The van der Waals surface area contributed by atoms with Crippen molar-refractivity contribution in [3.05, 3.63) is 83.4 Å². The molecule has 5 heteroatoms. The second-order valence-corrected chi connectivity index (χ2v) is 18.3. The van der Waals surface area contributed by atoms with Gasteiger partial charge in [-0.05, 0) is 115 Å². The van der Waals surface area contributed by atoms with Crippen LogP contribution in [0.3, 0.4) is 0 Å². The summed E-state index contributed by atoms with van der Waals surface area (Å²) in [5.74, 6) is 0.694. The predicted octanol–water partition coefficient (Wildman–Crippen LogP) is 10.3. The van der Waals surface area contributed by atoms with Gasteiger partial charge >= 0.3 is 5.97 Å². The number of benzene rings is 2. The molecule has 0 aliphatic heterocycles. The molecule has 8 atom stereocenters. The molecule has 262 valence electrons. The molecule has 0 aromatic heterocycles. The van der Waals surface area contributed by atoms with Crippen LogP contribution >= 0.6 is 0 Å². The Hall–Kier alpha value is -3.21. The minimum absolute atomic E-state index is 0.0299. The van der Waals surface area contributed by atoms with Gasteiger partial charge in [0, 0.05) is 11.3 Å². The molecule has 0 bridgehead atoms. The van der Waals surface area contributed by atoms with Gasteiger partial charge in [-0.25, -0.2) is 0 Å². The number of oxime groups is 1. The number of allylic oxidation sites excluding steroid dienone is 2. The van der Waals surface area contributed by atoms with E-state index in [4.69, 9.17) is 9.57 Å². The number of ketones is 1. The third kappa shape index (κ3) is 5.02. The van der Waals surface area contributed by atoms with Crippen molar-refractivity contribution < 1.29 is 19.2 Å². The maximum Gasteiger partial charge on any atom is 0.312 e. The monoisotopic (exact) mass is 663 g/mol. The summed E-state index contributed by atoms with van der Waals surface area (Å²) in [5.41, 5.74) is 3.36. The van der Waals surface area contributed by atoms with Gasteiger partial charge in [0.25, 0.3) is 0 Å². The molecule has 0 amide bonds. The van der Waals surface area contributed by atoms with Gasteiger partial charge in [0.15, 0.2) is 11.9 Å². The summed E-state index contributed by atoms with van der Waals surface area (Å²) < 4.78 is 6.54. The van der Waals surface area contributed by atoms with Crippen LogP contribution < -0.4 is 0 Å². The van der Waals surface area contributed by atoms with E-state index in [0.717, 1.165) is 74.6 Å². The van der Waals surface area contributed by atoms with Crippen molar-refractivity contribution in [1.82, 2.24) is 0 Å². The summed E-state index contributed by atoms with van der Waals surface area (Å²) in [6, 6.07) is 20.2. The van der Waals surface area contributed by atoms with Crippen molar-refractivity contribution in [2.24, 2.45) is 55.4 Å². The highest BCUT2D eigenvalue weighted by Crippen LogP contribution is 2.75. The van der Waals surface area contributed by atoms with Gasteiger partial charge in [-0.3, -0.25) is 9.59 Å². The first kappa shape index (κ1) is 34.2. The van der Waals surface area contributed by atoms with E-state index >= 15 is 0 Å². The molecule has 49 heavy (non-hydrogen) atoms. The van der Waals surface area contributed by atoms with E-state index in [1.165, 1.54) is 5.57 Å². The highest BCUT2D eigenvalue weighted by molar-refractivity contribution is 5.97. The van der Waals surface area contributed by atoms with Crippen molar-refractivity contribution in [1.29, 1.82) is 0 Å². The molecular weight excluding hydrogens is 606 g/mol. The average Bonchev–Trinajstić information content (AvgIpc) is 3.07. The number of carbonyl (C=O) groups excluding carboxylic acids is 2. The molecule has 4 fully saturated rings. The molecule has 5 aliphatic rings. The number of hydrogen-bond acceptors (Lipinski definition) is 5. The number of carbonyl (C=O) groups is 2. The second kappa shape index (κ2) is 11.7. The van der Waals surface area contributed by atoms with Crippen LogP contribution in [0.2, 0.25) is 0 Å². The Labute approximate surface area is 294 Å². The molecule has 0 heterocycles. The molecule has 0 N–H and O–H groups in total. The third-order valence-electron chi connectivity index (χ3n) is 15.5. The molecule has 2 aromatic carbocycles. The van der Waals surface area contributed by atoms with Crippen LogP contribution in [0.5, 0.6) is 0 Å². The maximum absolute atomic E-state index is 14.8. The highest BCUT2D eigenvalue weighted by atomic mass is 16.6. The largest absolute Gasteiger partial charge is 0.452 e. The van der Waals surface area contributed by atoms with E-state index < -0.39 is 11.5 Å². The smallest absolute Gasteiger partial charge is 0.312 e. The van der Waals surface area contributed by atoms with Crippen LogP contribution in [0.4, 0.5) is 0 Å². The number of esters is 1. The Morgan fingerprint density at radius 1 is 0.816 bits per heavy atom. The molecule has 4 saturated carbocycles. The van der Waals surface area contributed by atoms with Crippen molar-refractivity contribution >= 4 is 17.5 Å². The first-order valence-electron chi connectivity index (χ1n) is 18.8. The normalized spacial score (nSPS) is 40.3. The average molecular weight is 664 g/mol. The molecule has 0 spiro atoms. The number of ether oxygens (including phenoxy) is 1. The molecule has 2 aromatic rings. The van der Waals surface area contributed by atoms with Crippen LogP contribution in [-0.2, 0) is 19.2 Å². The Balaban J connectivity index is 1.22. The van der Waals surface area contributed by atoms with E-state index in [0.29, 0.717) is 11.7 Å². The second-order valence-electron chi connectivity index (χ2n) is 18.3. The standard InChI is InChI=1S/C44H57NO4/c1-39(2)34-19-22-44(7)37(42(34,5)21-20-35(39)45-48-8)33(46)27-31-32-28-41(4,24-23-40(32,3)25-26-43(31,44)6)38(47)49-36(29-15-11-9-12-16-29)30-17-13-10-14-18-30/h9-18,27,32,34,36-37H,19-26,28H2,1-8H3/b45-35+/t32-,34-,37+,40+,41-,42-,43+,44+/m0/s1. The molecular formula is C44H57NO4. The quantitative estimate of drug-likeness (QED) is 0.236. The van der Waals surface area contributed by atoms with Gasteiger partial charge in [-0.15, -0.1) is 0 Å². The number of fused-ring (bicyclic) bond motifs is 7. The summed E-state index contributed by atoms with van der Waals surface area (Å²) >= 11 is 0. The van der Waals surface area contributed by atoms with Gasteiger partial charge in [0.2, 0.25) is 0 Å². The molecule has 0 unspecified atom stereocenters. The molecule has 0 radical (unpaired) electrons. The first-order valence-corrected chi connectivity index (χ1v) is 18.8. The summed E-state index contributed by atoms with van der Waals surface area (Å²) in [6.45, 7) is 16.6. The van der Waals surface area contributed by atoms with Gasteiger partial charge in [0.1, 0.15) is 7.11 Å². The number of nitrogens with zero attached hydrogens (tertiary/aromatic N) is 1. The van der Waals surface area contributed by atoms with Crippen LogP contribution in [0.25, 0.3) is 0 Å². The lowest BCUT2D eigenvalue weighted by atomic mass is 9.33. The zero-order chi connectivity index (χ0) is 35.0. The lowest BCUT2D eigenvalue weighted by Crippen LogP contribution is -2.66. The molecule has 5 nitrogen and oxygen atoms in total. The predicted molar refractivity (Wildman–Crippen MR) is 195 cm³/mol. The summed E-state index contributed by atoms with van der Waals surface area (Å²) in [5, 5.41) is 4.49. The first-order chi connectivity index (χ1) is 23.1. The van der Waals surface area contributed by atoms with Gasteiger partial charge in [-0.1, -0.05) is 113 Å². The van der Waals surface area contributed by atoms with Gasteiger partial charge in [-0.2, -0.15) is 0 Å². The fourth-order valence-corrected chi connectivity index (χ4v) is 12.3. The Kier molecular flexibility index (Phi) is 8.16. The molecule has 5 aliphatic carbocycles. The van der Waals surface area contributed by atoms with Crippen molar-refractivity contribution in [2.75, 3.05) is 7.11 Å². The van der Waals surface area contributed by atoms with Crippen LogP contribution in [0.15, 0.2) is 77.5 Å². The van der Waals surface area contributed by atoms with E-state index in [-0.39, 0.29) is 44.9 Å². The Morgan fingerprint density at radius 3 is 2.04 bits per heavy atom. The minimum Gasteiger partial charge on any atom is -0.452 e. The molecule has 0 saturated heterocycles. The fraction of sp³-hybridized carbons (Fsp3) is 0.614. The SMILES string of the molecule is CO/N=C1\CC[C@]2(C)[C@H]3C(=O)C=C4[C@@H]5C[C@@](C)(C(=O)OC(c6ccccc6)c6ccccc6)CC[C@]5(C)CC[C@@]4(C)[C@]3(C)CC[C@H]2C1(C)C. The zero-order valence-corrected chi connectivity index (χ0v) is 31.1. The summed E-state index contributed by atoms with van der Waals surface area (Å²) in [6.07, 6.45) is 10.3. The Morgan fingerprint density at radius 2 is 1.43 bits per heavy atom. The zero-order valence-electron chi connectivity index (χ0n) is 31.1. The van der Waals surface area contributed by atoms with E-state index in [2.05, 4.69) is 59.7 Å². The minimum atomic E-state index is -0.639. The lowest BCUT2D eigenvalue weighted by molar-refractivity contribution is -0.178. The Bertz CT molecular complexity index is 1640.